The number of unbranched alkanes of at least 4 members (excludes halogenated alkanes) is 1. The number of carbonyl (C=O) groups is 3. The van der Waals surface area contributed by atoms with Crippen molar-refractivity contribution >= 4 is 29.6 Å². The van der Waals surface area contributed by atoms with Crippen molar-refractivity contribution in [1.29, 1.82) is 0 Å². The van der Waals surface area contributed by atoms with Gasteiger partial charge >= 0.3 is 6.03 Å². The number of morpholine rings is 1. The highest BCUT2D eigenvalue weighted by Crippen LogP contribution is 2.89. The molecule has 0 aromatic carbocycles. The van der Waals surface area contributed by atoms with Crippen molar-refractivity contribution in [2.45, 2.75) is 230 Å². The molecule has 0 radical (unpaired) electrons. The summed E-state index contributed by atoms with van der Waals surface area (Å²) in [5.74, 6) is 2.73. The minimum Gasteiger partial charge on any atom is -0.390 e. The summed E-state index contributed by atoms with van der Waals surface area (Å²) in [5, 5.41) is 41.8. The number of hydrogen-bond acceptors (Lipinski definition) is 16. The average molecular weight is 1190 g/mol. The number of amides is 4. The van der Waals surface area contributed by atoms with E-state index in [0.717, 1.165) is 89.5 Å². The molecule has 472 valence electrons. The maximum Gasteiger partial charge on any atom is 0.315 e. The number of rotatable bonds is 31. The quantitative estimate of drug-likeness (QED) is 0.0336. The minimum atomic E-state index is -1.05. The lowest BCUT2D eigenvalue weighted by Gasteiger charge is -2.64. The van der Waals surface area contributed by atoms with Gasteiger partial charge in [0.2, 0.25) is 11.8 Å². The molecule has 83 heavy (non-hydrogen) atoms. The number of urea groups is 1. The summed E-state index contributed by atoms with van der Waals surface area (Å²) >= 11 is 1.91. The lowest BCUT2D eigenvalue weighted by Crippen LogP contribution is -2.60. The molecule has 5 aliphatic carbocycles. The summed E-state index contributed by atoms with van der Waals surface area (Å²) in [4.78, 5) is 42.0. The van der Waals surface area contributed by atoms with Gasteiger partial charge in [-0.2, -0.15) is 22.0 Å². The number of hydrogen-bond donors (Lipinski definition) is 5. The van der Waals surface area contributed by atoms with E-state index >= 15 is 0 Å². The van der Waals surface area contributed by atoms with Crippen LogP contribution in [0.4, 0.5) is 4.79 Å². The molecule has 10 aliphatic rings. The molecule has 4 amide bonds. The molecule has 0 bridgehead atoms. The van der Waals surface area contributed by atoms with E-state index in [1.807, 2.05) is 44.4 Å². The molecule has 5 N–H and O–H groups in total. The van der Waals surface area contributed by atoms with Gasteiger partial charge in [0.1, 0.15) is 6.10 Å². The molecule has 4 saturated heterocycles. The maximum absolute atomic E-state index is 13.7. The van der Waals surface area contributed by atoms with Crippen LogP contribution in [-0.4, -0.2) is 201 Å². The van der Waals surface area contributed by atoms with Crippen molar-refractivity contribution in [2.24, 2.45) is 61.0 Å². The van der Waals surface area contributed by atoms with E-state index in [2.05, 4.69) is 65.7 Å². The van der Waals surface area contributed by atoms with Gasteiger partial charge < -0.3 is 64.2 Å². The third-order valence-corrected chi connectivity index (χ3v) is 24.7. The summed E-state index contributed by atoms with van der Waals surface area (Å²) in [6.07, 6.45) is 12.9. The van der Waals surface area contributed by atoms with E-state index in [0.29, 0.717) is 121 Å². The number of aliphatic hydroxyl groups is 2. The van der Waals surface area contributed by atoms with Gasteiger partial charge in [0.25, 0.3) is 0 Å². The monoisotopic (exact) mass is 1190 g/mol. The molecule has 9 fully saturated rings. The predicted octanol–water partition coefficient (Wildman–Crippen LogP) is 7.48. The second-order valence-electron chi connectivity index (χ2n) is 28.9. The van der Waals surface area contributed by atoms with E-state index in [4.69, 9.17) is 33.2 Å². The molecule has 3 unspecified atom stereocenters. The third-order valence-electron chi connectivity index (χ3n) is 23.2. The first-order valence-electron chi connectivity index (χ1n) is 32.7. The summed E-state index contributed by atoms with van der Waals surface area (Å²) in [7, 11) is 0. The van der Waals surface area contributed by atoms with Crippen LogP contribution in [0.1, 0.15) is 165 Å². The van der Waals surface area contributed by atoms with E-state index in [1.54, 1.807) is 0 Å². The smallest absolute Gasteiger partial charge is 0.315 e. The fourth-order valence-electron chi connectivity index (χ4n) is 18.8. The van der Waals surface area contributed by atoms with Gasteiger partial charge in [0, 0.05) is 94.8 Å². The number of carbonyl (C=O) groups excluding carboxylic acids is 3. The fourth-order valence-corrected chi connectivity index (χ4v) is 20.4. The Bertz CT molecular complexity index is 2260. The van der Waals surface area contributed by atoms with Crippen molar-refractivity contribution in [1.82, 2.24) is 25.8 Å². The van der Waals surface area contributed by atoms with Crippen LogP contribution < -0.4 is 16.0 Å². The van der Waals surface area contributed by atoms with Crippen LogP contribution in [-0.2, 0) is 42.7 Å². The highest BCUT2D eigenvalue weighted by molar-refractivity contribution is 8.00. The van der Waals surface area contributed by atoms with Crippen molar-refractivity contribution in [2.75, 3.05) is 97.9 Å². The Morgan fingerprint density at radius 3 is 2.37 bits per heavy atom. The first kappa shape index (κ1) is 63.8. The number of nitrogens with zero attached hydrogens (tertiary/aromatic N) is 4. The highest BCUT2D eigenvalue weighted by Gasteiger charge is 2.85. The normalized spacial score (nSPS) is 39.3. The van der Waals surface area contributed by atoms with Crippen molar-refractivity contribution < 1.29 is 57.8 Å². The first-order chi connectivity index (χ1) is 39.6. The minimum absolute atomic E-state index is 0.0394. The number of ether oxygens (including phenoxy) is 7. The summed E-state index contributed by atoms with van der Waals surface area (Å²) in [5.41, 5.74) is -1.33. The summed E-state index contributed by atoms with van der Waals surface area (Å²) < 4.78 is 44.1. The molecule has 5 saturated carbocycles. The molecule has 5 aliphatic heterocycles. The Labute approximate surface area is 500 Å². The van der Waals surface area contributed by atoms with Gasteiger partial charge in [0.15, 0.2) is 12.0 Å². The largest absolute Gasteiger partial charge is 0.390 e. The second kappa shape index (κ2) is 26.1. The number of nitrogens with one attached hydrogen (secondary N) is 3. The van der Waals surface area contributed by atoms with Crippen LogP contribution in [0.5, 0.6) is 0 Å². The van der Waals surface area contributed by atoms with E-state index in [9.17, 15) is 24.6 Å². The van der Waals surface area contributed by atoms with Crippen LogP contribution in [0.3, 0.4) is 0 Å². The van der Waals surface area contributed by atoms with Crippen LogP contribution in [0, 0.1) is 50.7 Å². The summed E-state index contributed by atoms with van der Waals surface area (Å²) in [6, 6.07) is 0.390. The fraction of sp³-hybridized carbons (Fsp3) is 0.952. The van der Waals surface area contributed by atoms with Gasteiger partial charge in [-0.15, -0.1) is 0 Å². The van der Waals surface area contributed by atoms with Crippen LogP contribution >= 0.6 is 11.8 Å². The predicted molar refractivity (Wildman–Crippen MR) is 317 cm³/mol. The van der Waals surface area contributed by atoms with E-state index in [-0.39, 0.29) is 87.5 Å². The highest BCUT2D eigenvalue weighted by atomic mass is 32.2. The molecule has 10 rings (SSSR count). The number of fused-ring (bicyclic) bond motifs is 5. The van der Waals surface area contributed by atoms with Crippen molar-refractivity contribution in [3.63, 3.8) is 0 Å². The van der Waals surface area contributed by atoms with Crippen LogP contribution in [0.25, 0.3) is 0 Å². The average Bonchev–Trinajstić information content (AvgIpc) is 1.48. The zero-order chi connectivity index (χ0) is 59.0. The topological polar surface area (TPSA) is 224 Å². The standard InChI is InChI=1S/C63H107N7O12S/c1-10-79-55(58(5,6)75)43-37-41(2)51-53(81-43)54(73)61(9)46-18-17-45-57(3,4)47(19-22-62(45)40-63(46,62)24-23-59(51,61)7)82-50-38-69(29-32-80-50)27-28-70(49(72)20-21-60(8)67-68-60)26-14-31-77-34-36-78-35-33-76-30-13-25-64-48(71)16-12-11-15-44-52-42(39-83-44)65-56(74)66-52/h41-47,50-55,73,75H,10-40H2,1-9H3,(H,64,71)(H2,65,66,74)/t41-,42+,43-,44?,45+,46+,47?,50+,51+,52+,53+,54+,55+,59-,61-,62-,63?/m1/s1. The lowest BCUT2D eigenvalue weighted by molar-refractivity contribution is -0.249. The Kier molecular flexibility index (Phi) is 20.0. The molecule has 17 atom stereocenters. The molecule has 19 nitrogen and oxygen atoms in total. The molecule has 0 aromatic rings. The maximum atomic E-state index is 13.7. The van der Waals surface area contributed by atoms with E-state index < -0.39 is 23.5 Å². The van der Waals surface area contributed by atoms with Gasteiger partial charge in [-0.05, 0) is 150 Å². The molecule has 2 spiro atoms. The van der Waals surface area contributed by atoms with Crippen molar-refractivity contribution in [3.05, 3.63) is 0 Å². The zero-order valence-corrected chi connectivity index (χ0v) is 52.9. The third kappa shape index (κ3) is 13.1. The van der Waals surface area contributed by atoms with Crippen molar-refractivity contribution in [3.8, 4) is 0 Å². The summed E-state index contributed by atoms with van der Waals surface area (Å²) in [6.45, 7) is 27.9. The Hall–Kier alpha value is -2.24. The molecule has 5 heterocycles. The Morgan fingerprint density at radius 1 is 0.916 bits per heavy atom. The molecular weight excluding hydrogens is 1080 g/mol. The van der Waals surface area contributed by atoms with E-state index in [1.165, 1.54) is 12.8 Å². The molecule has 20 heteroatoms. The molecule has 0 aromatic heterocycles. The van der Waals surface area contributed by atoms with Gasteiger partial charge in [-0.25, -0.2) is 4.79 Å². The van der Waals surface area contributed by atoms with Crippen LogP contribution in [0.15, 0.2) is 10.2 Å². The lowest BCUT2D eigenvalue weighted by atomic mass is 9.41. The zero-order valence-electron chi connectivity index (χ0n) is 52.1. The Balaban J connectivity index is 0.621. The Morgan fingerprint density at radius 2 is 1.64 bits per heavy atom. The number of thioether (sulfide) groups is 1. The first-order valence-corrected chi connectivity index (χ1v) is 33.7. The SMILES string of the molecule is CCO[C@@H]([C@H]1C[C@@H](C)[C@H]2[C@H](O1)[C@H](O)[C@@]1(C)[C@@H]3CC[C@H]4C(C)(C)C(O[C@H]5CN(CCN(CCCOCCOCCOCCCNC(=O)CCCCC6SC[C@@H]7NC(=O)N[C@H]67)C(=O)CCC6(C)N=N6)CCO5)CC[C@@]45CC35CC[C@]21C)C(C)(C)O. The molecular formula is C63H107N7O12S. The van der Waals surface area contributed by atoms with Gasteiger partial charge in [-0.3, -0.25) is 14.5 Å². The van der Waals surface area contributed by atoms with Crippen LogP contribution in [0.2, 0.25) is 0 Å². The number of aliphatic hydroxyl groups excluding tert-OH is 1. The second-order valence-corrected chi connectivity index (χ2v) is 30.1. The van der Waals surface area contributed by atoms with Gasteiger partial charge in [-0.1, -0.05) is 41.0 Å². The van der Waals surface area contributed by atoms with Gasteiger partial charge in [0.05, 0.1) is 75.1 Å².